The molecule has 0 atom stereocenters. The molecule has 0 saturated carbocycles. The molecule has 0 amide bonds. The third-order valence-electron chi connectivity index (χ3n) is 11.1. The molecule has 0 spiro atoms. The Hall–Kier alpha value is -7.86. The first-order chi connectivity index (χ1) is 27.2. The van der Waals surface area contributed by atoms with Crippen molar-refractivity contribution in [2.45, 2.75) is 0 Å². The molecule has 8 aromatic carbocycles. The van der Waals surface area contributed by atoms with Crippen molar-refractivity contribution in [3.05, 3.63) is 187 Å². The fourth-order valence-electron chi connectivity index (χ4n) is 8.79. The normalized spacial score (nSPS) is 11.6. The number of fused-ring (bicyclic) bond motifs is 9. The van der Waals surface area contributed by atoms with Gasteiger partial charge in [-0.1, -0.05) is 97.1 Å². The van der Waals surface area contributed by atoms with E-state index in [2.05, 4.69) is 159 Å². The van der Waals surface area contributed by atoms with Gasteiger partial charge >= 0.3 is 0 Å². The molecular formula is C50H29N5. The van der Waals surface area contributed by atoms with E-state index in [4.69, 9.17) is 0 Å². The van der Waals surface area contributed by atoms with E-state index in [-0.39, 0.29) is 0 Å². The van der Waals surface area contributed by atoms with Crippen molar-refractivity contribution in [2.75, 3.05) is 0 Å². The molecule has 0 aliphatic carbocycles. The summed E-state index contributed by atoms with van der Waals surface area (Å²) in [4.78, 5) is 0. The maximum atomic E-state index is 10.1. The van der Waals surface area contributed by atoms with Crippen LogP contribution >= 0.6 is 0 Å². The summed E-state index contributed by atoms with van der Waals surface area (Å²) >= 11 is 0. The molecule has 5 heteroatoms. The summed E-state index contributed by atoms with van der Waals surface area (Å²) < 4.78 is 7.01. The van der Waals surface area contributed by atoms with Gasteiger partial charge in [0.05, 0.1) is 67.7 Å². The van der Waals surface area contributed by atoms with Gasteiger partial charge in [0.15, 0.2) is 0 Å². The van der Waals surface area contributed by atoms with Gasteiger partial charge in [0, 0.05) is 43.6 Å². The van der Waals surface area contributed by atoms with E-state index in [9.17, 15) is 10.5 Å². The van der Waals surface area contributed by atoms with E-state index < -0.39 is 0 Å². The molecular weight excluding hydrogens is 671 g/mol. The highest BCUT2D eigenvalue weighted by atomic mass is 15.0. The van der Waals surface area contributed by atoms with E-state index >= 15 is 0 Å². The minimum atomic E-state index is 0.578. The summed E-state index contributed by atoms with van der Waals surface area (Å²) in [5.74, 6) is 0. The summed E-state index contributed by atoms with van der Waals surface area (Å²) in [7, 11) is 0. The van der Waals surface area contributed by atoms with Crippen molar-refractivity contribution in [3.8, 4) is 40.3 Å². The molecule has 3 heterocycles. The Morgan fingerprint density at radius 2 is 0.855 bits per heavy atom. The fourth-order valence-corrected chi connectivity index (χ4v) is 8.79. The van der Waals surface area contributed by atoms with Crippen molar-refractivity contribution in [3.63, 3.8) is 0 Å². The minimum absolute atomic E-state index is 0.578. The highest BCUT2D eigenvalue weighted by molar-refractivity contribution is 6.16. The number of rotatable bonds is 4. The lowest BCUT2D eigenvalue weighted by molar-refractivity contribution is 1.16. The monoisotopic (exact) mass is 699 g/mol. The molecule has 254 valence electrons. The zero-order chi connectivity index (χ0) is 36.6. The van der Waals surface area contributed by atoms with E-state index in [0.717, 1.165) is 61.0 Å². The number of nitriles is 2. The number of benzene rings is 8. The second-order valence-corrected chi connectivity index (χ2v) is 14.0. The SMILES string of the molecule is N#Cc1ccc(-c2cccc(-n3c4ccccc4c4c(-n5c6ccccc6c6ccccc65)cccc43)c2)c(-n2c3ccccc3c3cc(C#N)ccc32)c1. The number of hydrogen-bond donors (Lipinski definition) is 0. The molecule has 0 N–H and O–H groups in total. The van der Waals surface area contributed by atoms with Crippen LogP contribution < -0.4 is 0 Å². The van der Waals surface area contributed by atoms with Crippen LogP contribution in [0.5, 0.6) is 0 Å². The molecule has 5 nitrogen and oxygen atoms in total. The highest BCUT2D eigenvalue weighted by Gasteiger charge is 2.21. The Balaban J connectivity index is 1.16. The molecule has 0 aliphatic heterocycles. The Kier molecular flexibility index (Phi) is 6.61. The predicted octanol–water partition coefficient (Wildman–Crippen LogP) is 12.4. The third-order valence-corrected chi connectivity index (χ3v) is 11.1. The zero-order valence-corrected chi connectivity index (χ0v) is 29.5. The molecule has 3 aromatic heterocycles. The summed E-state index contributed by atoms with van der Waals surface area (Å²) in [5, 5.41) is 26.7. The molecule has 0 radical (unpaired) electrons. The van der Waals surface area contributed by atoms with Gasteiger partial charge in [-0.15, -0.1) is 0 Å². The molecule has 11 rings (SSSR count). The van der Waals surface area contributed by atoms with Crippen LogP contribution in [-0.2, 0) is 0 Å². The average Bonchev–Trinajstić information content (AvgIpc) is 3.89. The lowest BCUT2D eigenvalue weighted by Crippen LogP contribution is -2.00. The first-order valence-corrected chi connectivity index (χ1v) is 18.3. The smallest absolute Gasteiger partial charge is 0.0992 e. The van der Waals surface area contributed by atoms with E-state index in [1.807, 2.05) is 42.5 Å². The topological polar surface area (TPSA) is 62.4 Å². The van der Waals surface area contributed by atoms with Crippen molar-refractivity contribution >= 4 is 65.4 Å². The van der Waals surface area contributed by atoms with Gasteiger partial charge in [0.1, 0.15) is 0 Å². The van der Waals surface area contributed by atoms with Crippen LogP contribution in [-0.4, -0.2) is 13.7 Å². The fraction of sp³-hybridized carbons (Fsp3) is 0. The van der Waals surface area contributed by atoms with Crippen LogP contribution in [0.25, 0.3) is 93.6 Å². The third kappa shape index (κ3) is 4.45. The van der Waals surface area contributed by atoms with Gasteiger partial charge in [-0.3, -0.25) is 0 Å². The Morgan fingerprint density at radius 1 is 0.345 bits per heavy atom. The first kappa shape index (κ1) is 30.7. The second kappa shape index (κ2) is 11.8. The molecule has 11 aromatic rings. The van der Waals surface area contributed by atoms with E-state index in [1.54, 1.807) is 0 Å². The van der Waals surface area contributed by atoms with Crippen LogP contribution in [0.4, 0.5) is 0 Å². The molecule has 0 unspecified atom stereocenters. The molecule has 0 bridgehead atoms. The second-order valence-electron chi connectivity index (χ2n) is 14.0. The van der Waals surface area contributed by atoms with Crippen molar-refractivity contribution in [2.24, 2.45) is 0 Å². The zero-order valence-electron chi connectivity index (χ0n) is 29.5. The molecule has 0 aliphatic rings. The quantitative estimate of drug-likeness (QED) is 0.184. The highest BCUT2D eigenvalue weighted by Crippen LogP contribution is 2.41. The van der Waals surface area contributed by atoms with Crippen LogP contribution in [0.3, 0.4) is 0 Å². The molecule has 0 saturated heterocycles. The Morgan fingerprint density at radius 3 is 1.53 bits per heavy atom. The van der Waals surface area contributed by atoms with Gasteiger partial charge < -0.3 is 13.7 Å². The maximum Gasteiger partial charge on any atom is 0.0992 e. The van der Waals surface area contributed by atoms with Crippen LogP contribution in [0.15, 0.2) is 176 Å². The summed E-state index contributed by atoms with van der Waals surface area (Å²) in [6.07, 6.45) is 0. The number of para-hydroxylation sites is 4. The van der Waals surface area contributed by atoms with Gasteiger partial charge in [0.2, 0.25) is 0 Å². The Bertz CT molecular complexity index is 3420. The van der Waals surface area contributed by atoms with Gasteiger partial charge in [0.25, 0.3) is 0 Å². The van der Waals surface area contributed by atoms with Gasteiger partial charge in [-0.05, 0) is 84.4 Å². The predicted molar refractivity (Wildman–Crippen MR) is 224 cm³/mol. The number of aromatic nitrogens is 3. The van der Waals surface area contributed by atoms with Gasteiger partial charge in [-0.25, -0.2) is 0 Å². The molecule has 0 fully saturated rings. The van der Waals surface area contributed by atoms with E-state index in [0.29, 0.717) is 11.1 Å². The van der Waals surface area contributed by atoms with E-state index in [1.165, 1.54) is 32.6 Å². The largest absolute Gasteiger partial charge is 0.309 e. The van der Waals surface area contributed by atoms with Crippen LogP contribution in [0, 0.1) is 22.7 Å². The summed E-state index contributed by atoms with van der Waals surface area (Å²) in [6, 6.07) is 66.0. The van der Waals surface area contributed by atoms with Crippen molar-refractivity contribution in [1.82, 2.24) is 13.7 Å². The number of nitrogens with zero attached hydrogens (tertiary/aromatic N) is 5. The number of hydrogen-bond acceptors (Lipinski definition) is 2. The van der Waals surface area contributed by atoms with Crippen molar-refractivity contribution in [1.29, 1.82) is 10.5 Å². The standard InChI is InChI=1S/C50H29N5/c51-30-32-24-26-46-41(27-32)39-15-3-7-19-44(39)55(46)49-28-33(31-52)23-25-36(49)34-11-9-12-35(29-34)53-45-20-8-4-16-40(45)50-47(53)21-10-22-48(50)54-42-17-5-1-13-37(42)38-14-2-6-18-43(38)54/h1-29H. The lowest BCUT2D eigenvalue weighted by Gasteiger charge is -2.16. The lowest BCUT2D eigenvalue weighted by atomic mass is 10.0. The Labute approximate surface area is 316 Å². The van der Waals surface area contributed by atoms with Crippen molar-refractivity contribution < 1.29 is 0 Å². The average molecular weight is 700 g/mol. The summed E-state index contributed by atoms with van der Waals surface area (Å²) in [5.41, 5.74) is 12.9. The van der Waals surface area contributed by atoms with Crippen LogP contribution in [0.1, 0.15) is 11.1 Å². The maximum absolute atomic E-state index is 10.1. The first-order valence-electron chi connectivity index (χ1n) is 18.3. The van der Waals surface area contributed by atoms with Gasteiger partial charge in [-0.2, -0.15) is 10.5 Å². The minimum Gasteiger partial charge on any atom is -0.309 e. The molecule has 55 heavy (non-hydrogen) atoms. The van der Waals surface area contributed by atoms with Crippen LogP contribution in [0.2, 0.25) is 0 Å². The summed E-state index contributed by atoms with van der Waals surface area (Å²) in [6.45, 7) is 0.